The molecule has 0 radical (unpaired) electrons. The summed E-state index contributed by atoms with van der Waals surface area (Å²) in [7, 11) is 0. The number of rotatable bonds is 5. The predicted molar refractivity (Wildman–Crippen MR) is 110 cm³/mol. The van der Waals surface area contributed by atoms with Gasteiger partial charge >= 0.3 is 12.0 Å². The van der Waals surface area contributed by atoms with Crippen molar-refractivity contribution in [3.63, 3.8) is 0 Å². The fourth-order valence-corrected chi connectivity index (χ4v) is 3.07. The van der Waals surface area contributed by atoms with Crippen LogP contribution in [-0.4, -0.2) is 48.1 Å². The SMILES string of the molecule is CC1CCN(c2ccc([N+](=O)[O-])cc2C(=O)OCC(=O)NC(=O)NC(C)(C)C)CC1. The minimum atomic E-state index is -0.862. The highest BCUT2D eigenvalue weighted by Crippen LogP contribution is 2.29. The highest BCUT2D eigenvalue weighted by Gasteiger charge is 2.25. The Morgan fingerprint density at radius 2 is 1.87 bits per heavy atom. The lowest BCUT2D eigenvalue weighted by Gasteiger charge is -2.33. The normalized spacial score (nSPS) is 14.7. The molecule has 0 saturated carbocycles. The zero-order valence-corrected chi connectivity index (χ0v) is 17.7. The minimum absolute atomic E-state index is 0.0192. The average Bonchev–Trinajstić information content (AvgIpc) is 2.64. The average molecular weight is 420 g/mol. The molecule has 0 unspecified atom stereocenters. The lowest BCUT2D eigenvalue weighted by Crippen LogP contribution is -2.49. The molecule has 1 heterocycles. The predicted octanol–water partition coefficient (Wildman–Crippen LogP) is 2.61. The Morgan fingerprint density at radius 1 is 1.23 bits per heavy atom. The van der Waals surface area contributed by atoms with E-state index in [9.17, 15) is 24.5 Å². The van der Waals surface area contributed by atoms with Gasteiger partial charge in [0.1, 0.15) is 0 Å². The van der Waals surface area contributed by atoms with Crippen molar-refractivity contribution in [2.75, 3.05) is 24.6 Å². The van der Waals surface area contributed by atoms with E-state index < -0.39 is 35.0 Å². The van der Waals surface area contributed by atoms with Gasteiger partial charge in [0, 0.05) is 30.8 Å². The van der Waals surface area contributed by atoms with Crippen LogP contribution < -0.4 is 15.5 Å². The maximum Gasteiger partial charge on any atom is 0.341 e. The molecule has 0 aromatic heterocycles. The number of carbonyl (C=O) groups excluding carboxylic acids is 3. The summed E-state index contributed by atoms with van der Waals surface area (Å²) in [6.45, 7) is 8.15. The molecule has 1 saturated heterocycles. The van der Waals surface area contributed by atoms with Crippen LogP contribution in [0.2, 0.25) is 0 Å². The van der Waals surface area contributed by atoms with E-state index in [0.717, 1.165) is 18.9 Å². The molecule has 2 N–H and O–H groups in total. The van der Waals surface area contributed by atoms with Crippen LogP contribution in [0.1, 0.15) is 50.9 Å². The second-order valence-corrected chi connectivity index (χ2v) is 8.46. The second kappa shape index (κ2) is 9.55. The summed E-state index contributed by atoms with van der Waals surface area (Å²) in [5.74, 6) is -1.10. The quantitative estimate of drug-likeness (QED) is 0.425. The van der Waals surface area contributed by atoms with Crippen LogP contribution in [0, 0.1) is 16.0 Å². The van der Waals surface area contributed by atoms with Crippen molar-refractivity contribution in [1.82, 2.24) is 10.6 Å². The Balaban J connectivity index is 2.09. The first-order chi connectivity index (χ1) is 14.0. The van der Waals surface area contributed by atoms with Crippen molar-refractivity contribution in [3.05, 3.63) is 33.9 Å². The van der Waals surface area contributed by atoms with Crippen LogP contribution in [0.3, 0.4) is 0 Å². The lowest BCUT2D eigenvalue weighted by atomic mass is 9.98. The summed E-state index contributed by atoms with van der Waals surface area (Å²) < 4.78 is 5.03. The van der Waals surface area contributed by atoms with Crippen LogP contribution in [0.4, 0.5) is 16.2 Å². The number of nitro benzene ring substituents is 1. The van der Waals surface area contributed by atoms with Gasteiger partial charge in [0.25, 0.3) is 11.6 Å². The Kier molecular flexibility index (Phi) is 7.36. The topological polar surface area (TPSA) is 131 Å². The third kappa shape index (κ3) is 6.71. The molecule has 1 fully saturated rings. The van der Waals surface area contributed by atoms with E-state index in [4.69, 9.17) is 4.74 Å². The van der Waals surface area contributed by atoms with E-state index in [2.05, 4.69) is 17.6 Å². The molecule has 0 atom stereocenters. The molecule has 0 bridgehead atoms. The van der Waals surface area contributed by atoms with E-state index in [1.807, 2.05) is 4.90 Å². The minimum Gasteiger partial charge on any atom is -0.452 e. The van der Waals surface area contributed by atoms with Gasteiger partial charge in [-0.05, 0) is 45.6 Å². The number of esters is 1. The van der Waals surface area contributed by atoms with Gasteiger partial charge in [-0.15, -0.1) is 0 Å². The fourth-order valence-electron chi connectivity index (χ4n) is 3.07. The molecule has 0 aliphatic carbocycles. The first-order valence-electron chi connectivity index (χ1n) is 9.79. The molecular formula is C20H28N4O6. The maximum atomic E-state index is 12.6. The molecule has 1 aliphatic heterocycles. The van der Waals surface area contributed by atoms with Crippen LogP contribution in [0.25, 0.3) is 0 Å². The number of nitro groups is 1. The summed E-state index contributed by atoms with van der Waals surface area (Å²) in [6, 6.07) is 3.32. The van der Waals surface area contributed by atoms with Gasteiger partial charge in [0.15, 0.2) is 6.61 Å². The molecule has 30 heavy (non-hydrogen) atoms. The van der Waals surface area contributed by atoms with Crippen molar-refractivity contribution in [3.8, 4) is 0 Å². The molecular weight excluding hydrogens is 392 g/mol. The molecule has 2 rings (SSSR count). The van der Waals surface area contributed by atoms with E-state index in [-0.39, 0.29) is 11.3 Å². The number of amides is 3. The molecule has 164 valence electrons. The first kappa shape index (κ1) is 23.1. The largest absolute Gasteiger partial charge is 0.452 e. The summed E-state index contributed by atoms with van der Waals surface area (Å²) in [5.41, 5.74) is -0.232. The van der Waals surface area contributed by atoms with Crippen molar-refractivity contribution in [2.24, 2.45) is 5.92 Å². The number of ether oxygens (including phenoxy) is 1. The number of piperidine rings is 1. The van der Waals surface area contributed by atoms with E-state index in [1.54, 1.807) is 20.8 Å². The number of anilines is 1. The standard InChI is InChI=1S/C20H28N4O6/c1-13-7-9-23(10-8-13)16-6-5-14(24(28)29)11-15(16)18(26)30-12-17(25)21-19(27)22-20(2,3)4/h5-6,11,13H,7-10,12H2,1-4H3,(H2,21,22,25,27). The van der Waals surface area contributed by atoms with Gasteiger partial charge in [0.2, 0.25) is 0 Å². The summed E-state index contributed by atoms with van der Waals surface area (Å²) in [4.78, 5) is 48.8. The Morgan fingerprint density at radius 3 is 2.43 bits per heavy atom. The number of urea groups is 1. The molecule has 1 aliphatic rings. The number of non-ortho nitro benzene ring substituents is 1. The van der Waals surface area contributed by atoms with Crippen molar-refractivity contribution in [2.45, 2.75) is 46.1 Å². The number of benzene rings is 1. The first-order valence-corrected chi connectivity index (χ1v) is 9.79. The van der Waals surface area contributed by atoms with Gasteiger partial charge in [0.05, 0.1) is 16.2 Å². The zero-order chi connectivity index (χ0) is 22.5. The van der Waals surface area contributed by atoms with E-state index in [1.165, 1.54) is 12.1 Å². The van der Waals surface area contributed by atoms with Gasteiger partial charge in [-0.25, -0.2) is 9.59 Å². The highest BCUT2D eigenvalue weighted by molar-refractivity contribution is 5.99. The van der Waals surface area contributed by atoms with Crippen LogP contribution in [0.5, 0.6) is 0 Å². The Hall–Kier alpha value is -3.17. The molecule has 3 amide bonds. The summed E-state index contributed by atoms with van der Waals surface area (Å²) in [5, 5.41) is 15.8. The molecule has 1 aromatic rings. The van der Waals surface area contributed by atoms with Crippen molar-refractivity contribution >= 4 is 29.3 Å². The highest BCUT2D eigenvalue weighted by atomic mass is 16.6. The molecule has 0 spiro atoms. The number of hydrogen-bond acceptors (Lipinski definition) is 7. The van der Waals surface area contributed by atoms with E-state index >= 15 is 0 Å². The second-order valence-electron chi connectivity index (χ2n) is 8.46. The molecule has 1 aromatic carbocycles. The van der Waals surface area contributed by atoms with Gasteiger partial charge in [-0.3, -0.25) is 20.2 Å². The van der Waals surface area contributed by atoms with Crippen LogP contribution in [0.15, 0.2) is 18.2 Å². The summed E-state index contributed by atoms with van der Waals surface area (Å²) in [6.07, 6.45) is 1.88. The smallest absolute Gasteiger partial charge is 0.341 e. The number of imide groups is 1. The maximum absolute atomic E-state index is 12.6. The monoisotopic (exact) mass is 420 g/mol. The van der Waals surface area contributed by atoms with Crippen LogP contribution >= 0.6 is 0 Å². The third-order valence-electron chi connectivity index (χ3n) is 4.61. The summed E-state index contributed by atoms with van der Waals surface area (Å²) >= 11 is 0. The lowest BCUT2D eigenvalue weighted by molar-refractivity contribution is -0.384. The van der Waals surface area contributed by atoms with Crippen molar-refractivity contribution in [1.29, 1.82) is 0 Å². The van der Waals surface area contributed by atoms with Crippen molar-refractivity contribution < 1.29 is 24.0 Å². The fraction of sp³-hybridized carbons (Fsp3) is 0.550. The Bertz CT molecular complexity index is 825. The number of carbonyl (C=O) groups is 3. The van der Waals surface area contributed by atoms with Crippen LogP contribution in [-0.2, 0) is 9.53 Å². The van der Waals surface area contributed by atoms with Gasteiger partial charge < -0.3 is 15.0 Å². The molecule has 10 nitrogen and oxygen atoms in total. The molecule has 10 heteroatoms. The van der Waals surface area contributed by atoms with Gasteiger partial charge in [-0.2, -0.15) is 0 Å². The Labute approximate surface area is 175 Å². The number of nitrogens with one attached hydrogen (secondary N) is 2. The zero-order valence-electron chi connectivity index (χ0n) is 17.7. The van der Waals surface area contributed by atoms with Gasteiger partial charge in [-0.1, -0.05) is 6.92 Å². The third-order valence-corrected chi connectivity index (χ3v) is 4.61. The number of nitrogens with zero attached hydrogens (tertiary/aromatic N) is 2. The number of hydrogen-bond donors (Lipinski definition) is 2. The van der Waals surface area contributed by atoms with E-state index in [0.29, 0.717) is 24.7 Å².